The Hall–Kier alpha value is -1.12. The first-order valence-electron chi connectivity index (χ1n) is 7.31. The number of aliphatic hydroxyl groups is 1. The summed E-state index contributed by atoms with van der Waals surface area (Å²) in [5.74, 6) is 0.564. The molecule has 7 nitrogen and oxygen atoms in total. The number of hydrogen-bond acceptors (Lipinski definition) is 5. The van der Waals surface area contributed by atoms with Crippen molar-refractivity contribution in [2.45, 2.75) is 56.6 Å². The Balaban J connectivity index is 2.06. The zero-order chi connectivity index (χ0) is 15.7. The number of nitrogens with one attached hydrogen (secondary N) is 1. The highest BCUT2D eigenvalue weighted by Gasteiger charge is 2.33. The summed E-state index contributed by atoms with van der Waals surface area (Å²) in [5.41, 5.74) is 4.69. The van der Waals surface area contributed by atoms with Crippen LogP contribution >= 0.6 is 0 Å². The molecule has 0 aromatic carbocycles. The Bertz CT molecular complexity index is 589. The van der Waals surface area contributed by atoms with E-state index >= 15 is 0 Å². The molecule has 4 N–H and O–H groups in total. The Kier molecular flexibility index (Phi) is 4.60. The molecule has 8 heteroatoms. The zero-order valence-electron chi connectivity index (χ0n) is 12.5. The van der Waals surface area contributed by atoms with Crippen molar-refractivity contribution in [2.24, 2.45) is 5.92 Å². The van der Waals surface area contributed by atoms with Gasteiger partial charge in [0, 0.05) is 19.3 Å². The number of rotatable bonds is 5. The molecule has 120 valence electrons. The second-order valence-electron chi connectivity index (χ2n) is 5.97. The molecular formula is C13H24N4O3S. The molecule has 0 radical (unpaired) electrons. The summed E-state index contributed by atoms with van der Waals surface area (Å²) in [6.07, 6.45) is 4.45. The number of sulfonamides is 1. The quantitative estimate of drug-likeness (QED) is 0.741. The molecule has 0 bridgehead atoms. The minimum Gasteiger partial charge on any atom is -0.389 e. The summed E-state index contributed by atoms with van der Waals surface area (Å²) in [7, 11) is -3.75. The van der Waals surface area contributed by atoms with Crippen LogP contribution in [0.25, 0.3) is 0 Å². The van der Waals surface area contributed by atoms with E-state index in [-0.39, 0.29) is 17.3 Å². The van der Waals surface area contributed by atoms with E-state index in [1.54, 1.807) is 0 Å². The third kappa shape index (κ3) is 3.75. The highest BCUT2D eigenvalue weighted by molar-refractivity contribution is 7.89. The number of nitrogens with zero attached hydrogens (tertiary/aromatic N) is 2. The van der Waals surface area contributed by atoms with Crippen molar-refractivity contribution in [2.75, 3.05) is 12.3 Å². The molecule has 0 aliphatic heterocycles. The largest absolute Gasteiger partial charge is 0.389 e. The first-order chi connectivity index (χ1) is 9.76. The maximum absolute atomic E-state index is 12.3. The zero-order valence-corrected chi connectivity index (χ0v) is 13.4. The topological polar surface area (TPSA) is 110 Å². The SMILES string of the molecule is CCn1cc(S(=O)(=O)NCC2(O)CCC(C)CC2)c(N)n1. The van der Waals surface area contributed by atoms with Gasteiger partial charge in [-0.1, -0.05) is 6.92 Å². The molecule has 2 rings (SSSR count). The van der Waals surface area contributed by atoms with E-state index in [1.165, 1.54) is 10.9 Å². The molecule has 1 aliphatic carbocycles. The predicted molar refractivity (Wildman–Crippen MR) is 80.1 cm³/mol. The number of aromatic nitrogens is 2. The summed E-state index contributed by atoms with van der Waals surface area (Å²) in [5, 5.41) is 14.4. The summed E-state index contributed by atoms with van der Waals surface area (Å²) < 4.78 is 28.5. The van der Waals surface area contributed by atoms with Crippen LogP contribution in [-0.2, 0) is 16.6 Å². The van der Waals surface area contributed by atoms with Gasteiger partial charge in [0.25, 0.3) is 0 Å². The Morgan fingerprint density at radius 3 is 2.67 bits per heavy atom. The number of anilines is 1. The van der Waals surface area contributed by atoms with E-state index < -0.39 is 15.6 Å². The van der Waals surface area contributed by atoms with Crippen LogP contribution in [0.15, 0.2) is 11.1 Å². The fraction of sp³-hybridized carbons (Fsp3) is 0.769. The van der Waals surface area contributed by atoms with Crippen LogP contribution in [0.1, 0.15) is 39.5 Å². The van der Waals surface area contributed by atoms with Gasteiger partial charge in [-0.05, 0) is 38.5 Å². The Morgan fingerprint density at radius 2 is 2.14 bits per heavy atom. The minimum absolute atomic E-state index is 0.0127. The van der Waals surface area contributed by atoms with Crippen molar-refractivity contribution in [3.05, 3.63) is 6.20 Å². The lowest BCUT2D eigenvalue weighted by atomic mass is 9.80. The first kappa shape index (κ1) is 16.3. The van der Waals surface area contributed by atoms with Crippen LogP contribution in [0, 0.1) is 5.92 Å². The van der Waals surface area contributed by atoms with Crippen LogP contribution in [0.4, 0.5) is 5.82 Å². The molecule has 1 aromatic rings. The minimum atomic E-state index is -3.75. The lowest BCUT2D eigenvalue weighted by Gasteiger charge is -2.34. The average molecular weight is 316 g/mol. The third-order valence-electron chi connectivity index (χ3n) is 4.16. The summed E-state index contributed by atoms with van der Waals surface area (Å²) >= 11 is 0. The molecular weight excluding hydrogens is 292 g/mol. The maximum atomic E-state index is 12.3. The Morgan fingerprint density at radius 1 is 1.52 bits per heavy atom. The molecule has 1 fully saturated rings. The molecule has 0 unspecified atom stereocenters. The van der Waals surface area contributed by atoms with Gasteiger partial charge >= 0.3 is 0 Å². The van der Waals surface area contributed by atoms with Crippen LogP contribution in [0.3, 0.4) is 0 Å². The molecule has 1 aliphatic rings. The van der Waals surface area contributed by atoms with Gasteiger partial charge in [-0.2, -0.15) is 5.10 Å². The van der Waals surface area contributed by atoms with Crippen molar-refractivity contribution < 1.29 is 13.5 Å². The molecule has 0 atom stereocenters. The second kappa shape index (κ2) is 5.94. The van der Waals surface area contributed by atoms with Gasteiger partial charge < -0.3 is 10.8 Å². The van der Waals surface area contributed by atoms with E-state index in [0.717, 1.165) is 12.8 Å². The van der Waals surface area contributed by atoms with Gasteiger partial charge in [-0.3, -0.25) is 4.68 Å². The fourth-order valence-electron chi connectivity index (χ4n) is 2.57. The highest BCUT2D eigenvalue weighted by atomic mass is 32.2. The second-order valence-corrected chi connectivity index (χ2v) is 7.70. The van der Waals surface area contributed by atoms with Crippen LogP contribution in [-0.4, -0.2) is 35.5 Å². The van der Waals surface area contributed by atoms with E-state index in [0.29, 0.717) is 25.3 Å². The lowest BCUT2D eigenvalue weighted by Crippen LogP contribution is -2.45. The van der Waals surface area contributed by atoms with Crippen molar-refractivity contribution in [3.63, 3.8) is 0 Å². The van der Waals surface area contributed by atoms with E-state index in [2.05, 4.69) is 16.7 Å². The maximum Gasteiger partial charge on any atom is 0.245 e. The van der Waals surface area contributed by atoms with E-state index in [1.807, 2.05) is 6.92 Å². The number of nitrogen functional groups attached to an aromatic ring is 1. The lowest BCUT2D eigenvalue weighted by molar-refractivity contribution is -0.00182. The molecule has 21 heavy (non-hydrogen) atoms. The summed E-state index contributed by atoms with van der Waals surface area (Å²) in [6.45, 7) is 4.55. The van der Waals surface area contributed by atoms with E-state index in [4.69, 9.17) is 5.73 Å². The number of hydrogen-bond donors (Lipinski definition) is 3. The van der Waals surface area contributed by atoms with Crippen LogP contribution in [0.2, 0.25) is 0 Å². The molecule has 0 spiro atoms. The van der Waals surface area contributed by atoms with Crippen molar-refractivity contribution in [3.8, 4) is 0 Å². The molecule has 1 heterocycles. The summed E-state index contributed by atoms with van der Waals surface area (Å²) in [4.78, 5) is -0.0304. The smallest absolute Gasteiger partial charge is 0.245 e. The predicted octanol–water partition coefficient (Wildman–Crippen LogP) is 0.705. The molecule has 0 amide bonds. The molecule has 1 aromatic heterocycles. The molecule has 0 saturated heterocycles. The van der Waals surface area contributed by atoms with Gasteiger partial charge in [-0.15, -0.1) is 0 Å². The monoisotopic (exact) mass is 316 g/mol. The van der Waals surface area contributed by atoms with Gasteiger partial charge in [0.15, 0.2) is 5.82 Å². The highest BCUT2D eigenvalue weighted by Crippen LogP contribution is 2.31. The van der Waals surface area contributed by atoms with Crippen molar-refractivity contribution in [1.29, 1.82) is 0 Å². The molecule has 1 saturated carbocycles. The van der Waals surface area contributed by atoms with Gasteiger partial charge in [-0.25, -0.2) is 13.1 Å². The number of aryl methyl sites for hydroxylation is 1. The summed E-state index contributed by atoms with van der Waals surface area (Å²) in [6, 6.07) is 0. The first-order valence-corrected chi connectivity index (χ1v) is 8.79. The van der Waals surface area contributed by atoms with Gasteiger partial charge in [0.2, 0.25) is 10.0 Å². The van der Waals surface area contributed by atoms with Crippen molar-refractivity contribution in [1.82, 2.24) is 14.5 Å². The fourth-order valence-corrected chi connectivity index (χ4v) is 3.76. The normalized spacial score (nSPS) is 26.9. The standard InChI is InChI=1S/C13H24N4O3S/c1-3-17-8-11(12(14)16-17)21(19,20)15-9-13(18)6-4-10(2)5-7-13/h8,10,15,18H,3-7,9H2,1-2H3,(H2,14,16). The van der Waals surface area contributed by atoms with Crippen LogP contribution < -0.4 is 10.5 Å². The van der Waals surface area contributed by atoms with Crippen LogP contribution in [0.5, 0.6) is 0 Å². The Labute approximate surface area is 125 Å². The van der Waals surface area contributed by atoms with E-state index in [9.17, 15) is 13.5 Å². The third-order valence-corrected chi connectivity index (χ3v) is 5.58. The van der Waals surface area contributed by atoms with Gasteiger partial charge in [0.05, 0.1) is 5.60 Å². The average Bonchev–Trinajstić information content (AvgIpc) is 2.83. The number of nitrogens with two attached hydrogens (primary N) is 1. The van der Waals surface area contributed by atoms with Crippen molar-refractivity contribution >= 4 is 15.8 Å². The van der Waals surface area contributed by atoms with Gasteiger partial charge in [0.1, 0.15) is 4.90 Å².